The number of methoxy groups -OCH3 is 1. The number of halogens is 2. The second-order valence-electron chi connectivity index (χ2n) is 4.65. The molecule has 114 valence electrons. The van der Waals surface area contributed by atoms with Gasteiger partial charge in [-0.05, 0) is 42.8 Å². The molecule has 0 spiro atoms. The van der Waals surface area contributed by atoms with Crippen LogP contribution in [0.2, 0.25) is 0 Å². The van der Waals surface area contributed by atoms with Crippen molar-refractivity contribution in [2.75, 3.05) is 7.11 Å². The molecule has 2 aromatic rings. The fraction of sp³-hybridized carbons (Fsp3) is 0.188. The Morgan fingerprint density at radius 2 is 1.86 bits per heavy atom. The Hall–Kier alpha value is -1.53. The summed E-state index contributed by atoms with van der Waals surface area (Å²) in [7, 11) is 1.35. The van der Waals surface area contributed by atoms with E-state index in [4.69, 9.17) is 0 Å². The predicted molar refractivity (Wildman–Crippen MR) is 92.6 cm³/mol. The summed E-state index contributed by atoms with van der Waals surface area (Å²) in [5.41, 5.74) is 3.25. The topological polar surface area (TPSA) is 51.0 Å². The van der Waals surface area contributed by atoms with E-state index in [-0.39, 0.29) is 5.97 Å². The van der Waals surface area contributed by atoms with E-state index >= 15 is 0 Å². The number of esters is 1. The highest BCUT2D eigenvalue weighted by Crippen LogP contribution is 2.28. The molecule has 0 bridgehead atoms. The molecule has 2 aromatic carbocycles. The standard InChI is InChI=1S/C16H14Br2N2O2/c1-10-6-14(17)13(15(18)7-10)9-19-20-12-5-3-4-11(8-12)16(21)22-2/h3-8H,9H2,1-2H3. The summed E-state index contributed by atoms with van der Waals surface area (Å²) in [4.78, 5) is 11.5. The summed E-state index contributed by atoms with van der Waals surface area (Å²) >= 11 is 7.06. The van der Waals surface area contributed by atoms with Crippen LogP contribution in [-0.4, -0.2) is 13.1 Å². The fourth-order valence-corrected chi connectivity index (χ4v) is 3.55. The zero-order chi connectivity index (χ0) is 16.1. The highest BCUT2D eigenvalue weighted by Gasteiger charge is 2.07. The number of carbonyl (C=O) groups excluding carboxylic acids is 1. The van der Waals surface area contributed by atoms with Crippen molar-refractivity contribution in [2.24, 2.45) is 10.2 Å². The minimum Gasteiger partial charge on any atom is -0.465 e. The molecule has 4 nitrogen and oxygen atoms in total. The molecule has 0 saturated carbocycles. The highest BCUT2D eigenvalue weighted by molar-refractivity contribution is 9.11. The molecule has 0 radical (unpaired) electrons. The number of hydrogen-bond acceptors (Lipinski definition) is 4. The van der Waals surface area contributed by atoms with Crippen molar-refractivity contribution >= 4 is 43.5 Å². The monoisotopic (exact) mass is 424 g/mol. The Kier molecular flexibility index (Phi) is 5.85. The van der Waals surface area contributed by atoms with E-state index in [0.29, 0.717) is 17.8 Å². The molecule has 0 heterocycles. The summed E-state index contributed by atoms with van der Waals surface area (Å²) in [5, 5.41) is 8.36. The van der Waals surface area contributed by atoms with Crippen LogP contribution in [0.4, 0.5) is 5.69 Å². The van der Waals surface area contributed by atoms with Crippen molar-refractivity contribution in [3.8, 4) is 0 Å². The molecule has 0 aliphatic rings. The van der Waals surface area contributed by atoms with Crippen LogP contribution in [0.25, 0.3) is 0 Å². The lowest BCUT2D eigenvalue weighted by Gasteiger charge is -2.05. The lowest BCUT2D eigenvalue weighted by Crippen LogP contribution is -1.99. The van der Waals surface area contributed by atoms with Crippen LogP contribution in [-0.2, 0) is 11.3 Å². The fourth-order valence-electron chi connectivity index (χ4n) is 1.88. The molecule has 0 aliphatic heterocycles. The molecule has 0 amide bonds. The zero-order valence-electron chi connectivity index (χ0n) is 12.1. The molecule has 0 N–H and O–H groups in total. The Bertz CT molecular complexity index is 707. The maximum absolute atomic E-state index is 11.5. The molecule has 22 heavy (non-hydrogen) atoms. The Labute approximate surface area is 145 Å². The van der Waals surface area contributed by atoms with Crippen molar-refractivity contribution in [3.63, 3.8) is 0 Å². The van der Waals surface area contributed by atoms with Crippen LogP contribution in [0, 0.1) is 6.92 Å². The quantitative estimate of drug-likeness (QED) is 0.473. The molecule has 0 saturated heterocycles. The van der Waals surface area contributed by atoms with Gasteiger partial charge in [-0.3, -0.25) is 0 Å². The SMILES string of the molecule is COC(=O)c1cccc(N=NCc2c(Br)cc(C)cc2Br)c1. The van der Waals surface area contributed by atoms with Crippen molar-refractivity contribution in [2.45, 2.75) is 13.5 Å². The van der Waals surface area contributed by atoms with E-state index in [0.717, 1.165) is 20.1 Å². The summed E-state index contributed by atoms with van der Waals surface area (Å²) in [5.74, 6) is -0.388. The molecule has 0 aliphatic carbocycles. The van der Waals surface area contributed by atoms with Gasteiger partial charge in [-0.1, -0.05) is 37.9 Å². The third-order valence-electron chi connectivity index (χ3n) is 2.97. The zero-order valence-corrected chi connectivity index (χ0v) is 15.3. The smallest absolute Gasteiger partial charge is 0.337 e. The van der Waals surface area contributed by atoms with Crippen molar-refractivity contribution in [3.05, 3.63) is 62.0 Å². The molecular weight excluding hydrogens is 412 g/mol. The van der Waals surface area contributed by atoms with E-state index in [1.54, 1.807) is 24.3 Å². The maximum atomic E-state index is 11.5. The second-order valence-corrected chi connectivity index (χ2v) is 6.36. The molecule has 0 atom stereocenters. The highest BCUT2D eigenvalue weighted by atomic mass is 79.9. The number of ether oxygens (including phenoxy) is 1. The van der Waals surface area contributed by atoms with E-state index in [1.165, 1.54) is 7.11 Å². The Morgan fingerprint density at radius 1 is 1.18 bits per heavy atom. The summed E-state index contributed by atoms with van der Waals surface area (Å²) < 4.78 is 6.66. The van der Waals surface area contributed by atoms with Gasteiger partial charge in [-0.15, -0.1) is 0 Å². The molecular formula is C16H14Br2N2O2. The number of benzene rings is 2. The number of hydrogen-bond donors (Lipinski definition) is 0. The predicted octanol–water partition coefficient (Wildman–Crippen LogP) is 5.59. The molecule has 0 aromatic heterocycles. The Morgan fingerprint density at radius 3 is 2.50 bits per heavy atom. The van der Waals surface area contributed by atoms with Gasteiger partial charge in [0.05, 0.1) is 24.9 Å². The van der Waals surface area contributed by atoms with Gasteiger partial charge in [-0.2, -0.15) is 10.2 Å². The van der Waals surface area contributed by atoms with E-state index in [9.17, 15) is 4.79 Å². The Balaban J connectivity index is 2.15. The molecule has 6 heteroatoms. The third kappa shape index (κ3) is 4.24. The first-order valence-corrected chi connectivity index (χ1v) is 8.10. The summed E-state index contributed by atoms with van der Waals surface area (Å²) in [6, 6.07) is 10.9. The molecule has 2 rings (SSSR count). The first kappa shape index (κ1) is 16.8. The lowest BCUT2D eigenvalue weighted by atomic mass is 10.1. The van der Waals surface area contributed by atoms with Gasteiger partial charge in [0.2, 0.25) is 0 Å². The first-order valence-electron chi connectivity index (χ1n) is 6.51. The van der Waals surface area contributed by atoms with Gasteiger partial charge in [0.1, 0.15) is 0 Å². The van der Waals surface area contributed by atoms with Crippen LogP contribution < -0.4 is 0 Å². The molecule has 0 unspecified atom stereocenters. The number of nitrogens with zero attached hydrogens (tertiary/aromatic N) is 2. The normalized spacial score (nSPS) is 10.9. The average molecular weight is 426 g/mol. The van der Waals surface area contributed by atoms with Crippen molar-refractivity contribution in [1.29, 1.82) is 0 Å². The van der Waals surface area contributed by atoms with Gasteiger partial charge < -0.3 is 4.74 Å². The van der Waals surface area contributed by atoms with E-state index in [1.807, 2.05) is 19.1 Å². The summed E-state index contributed by atoms with van der Waals surface area (Å²) in [6.07, 6.45) is 0. The van der Waals surface area contributed by atoms with Gasteiger partial charge in [-0.25, -0.2) is 4.79 Å². The van der Waals surface area contributed by atoms with Gasteiger partial charge in [0.25, 0.3) is 0 Å². The first-order chi connectivity index (χ1) is 10.5. The minimum atomic E-state index is -0.388. The van der Waals surface area contributed by atoms with Crippen LogP contribution in [0.5, 0.6) is 0 Å². The number of carbonyl (C=O) groups is 1. The maximum Gasteiger partial charge on any atom is 0.337 e. The van der Waals surface area contributed by atoms with E-state index < -0.39 is 0 Å². The van der Waals surface area contributed by atoms with Gasteiger partial charge in [0, 0.05) is 14.5 Å². The van der Waals surface area contributed by atoms with Crippen molar-refractivity contribution < 1.29 is 9.53 Å². The third-order valence-corrected chi connectivity index (χ3v) is 4.38. The van der Waals surface area contributed by atoms with E-state index in [2.05, 4.69) is 46.8 Å². The van der Waals surface area contributed by atoms with Crippen LogP contribution in [0.15, 0.2) is 55.6 Å². The number of rotatable bonds is 4. The van der Waals surface area contributed by atoms with Crippen LogP contribution in [0.1, 0.15) is 21.5 Å². The summed E-state index contributed by atoms with van der Waals surface area (Å²) in [6.45, 7) is 2.46. The van der Waals surface area contributed by atoms with Crippen molar-refractivity contribution in [1.82, 2.24) is 0 Å². The van der Waals surface area contributed by atoms with Crippen LogP contribution in [0.3, 0.4) is 0 Å². The molecule has 0 fully saturated rings. The second kappa shape index (κ2) is 7.65. The van der Waals surface area contributed by atoms with Gasteiger partial charge in [0.15, 0.2) is 0 Å². The lowest BCUT2D eigenvalue weighted by molar-refractivity contribution is 0.0601. The largest absolute Gasteiger partial charge is 0.465 e. The van der Waals surface area contributed by atoms with Gasteiger partial charge >= 0.3 is 5.97 Å². The number of azo groups is 1. The minimum absolute atomic E-state index is 0.388. The average Bonchev–Trinajstić information content (AvgIpc) is 2.49. The van der Waals surface area contributed by atoms with Crippen LogP contribution >= 0.6 is 31.9 Å². The number of aryl methyl sites for hydroxylation is 1.